The minimum absolute atomic E-state index is 0.0259. The maximum atomic E-state index is 12.0. The molecule has 98 valence electrons. The molecule has 0 radical (unpaired) electrons. The molecule has 0 saturated carbocycles. The van der Waals surface area contributed by atoms with Crippen LogP contribution in [0, 0.1) is 12.8 Å². The second kappa shape index (κ2) is 5.40. The summed E-state index contributed by atoms with van der Waals surface area (Å²) in [7, 11) is 0. The Balaban J connectivity index is 1.91. The molecule has 0 aromatic heterocycles. The number of nitrogens with two attached hydrogens (primary N) is 1. The first kappa shape index (κ1) is 12.9. The summed E-state index contributed by atoms with van der Waals surface area (Å²) in [5.41, 5.74) is 7.90. The van der Waals surface area contributed by atoms with Crippen LogP contribution < -0.4 is 11.1 Å². The predicted molar refractivity (Wildman–Crippen MR) is 73.5 cm³/mol. The van der Waals surface area contributed by atoms with E-state index in [1.807, 2.05) is 43.0 Å². The zero-order valence-corrected chi connectivity index (χ0v) is 11.0. The lowest BCUT2D eigenvalue weighted by molar-refractivity contribution is 0.220. The highest BCUT2D eigenvalue weighted by molar-refractivity contribution is 5.89. The zero-order chi connectivity index (χ0) is 13.1. The van der Waals surface area contributed by atoms with Crippen molar-refractivity contribution in [2.24, 2.45) is 11.7 Å². The van der Waals surface area contributed by atoms with E-state index in [4.69, 9.17) is 5.73 Å². The quantitative estimate of drug-likeness (QED) is 0.841. The van der Waals surface area contributed by atoms with E-state index in [-0.39, 0.29) is 12.1 Å². The number of hydrogen-bond acceptors (Lipinski definition) is 2. The van der Waals surface area contributed by atoms with E-state index in [2.05, 4.69) is 5.32 Å². The fourth-order valence-corrected chi connectivity index (χ4v) is 2.24. The highest BCUT2D eigenvalue weighted by atomic mass is 16.2. The lowest BCUT2D eigenvalue weighted by Crippen LogP contribution is -2.35. The van der Waals surface area contributed by atoms with Gasteiger partial charge in [-0.2, -0.15) is 0 Å². The molecule has 1 fully saturated rings. The van der Waals surface area contributed by atoms with Crippen molar-refractivity contribution in [3.05, 3.63) is 29.8 Å². The maximum absolute atomic E-state index is 12.0. The summed E-state index contributed by atoms with van der Waals surface area (Å²) in [5.74, 6) is 0.425. The molecule has 2 rings (SSSR count). The number of nitrogens with zero attached hydrogens (tertiary/aromatic N) is 1. The molecule has 0 spiro atoms. The molecule has 3 N–H and O–H groups in total. The lowest BCUT2D eigenvalue weighted by Gasteiger charge is -2.18. The molecule has 1 aliphatic heterocycles. The van der Waals surface area contributed by atoms with Crippen molar-refractivity contribution in [2.75, 3.05) is 18.4 Å². The molecule has 2 amide bonds. The van der Waals surface area contributed by atoms with Gasteiger partial charge in [-0.1, -0.05) is 17.7 Å². The number of carbonyl (C=O) groups is 1. The van der Waals surface area contributed by atoms with Crippen molar-refractivity contribution in [1.29, 1.82) is 0 Å². The van der Waals surface area contributed by atoms with E-state index in [0.29, 0.717) is 5.92 Å². The standard InChI is InChI=1S/C14H21N3O/c1-10-3-5-13(6-4-10)16-14(18)17-8-7-12(9-17)11(2)15/h3-6,11-12H,7-9,15H2,1-2H3,(H,16,18). The first-order valence-electron chi connectivity index (χ1n) is 6.44. The average Bonchev–Trinajstić information content (AvgIpc) is 2.81. The van der Waals surface area contributed by atoms with Crippen molar-refractivity contribution >= 4 is 11.7 Å². The van der Waals surface area contributed by atoms with Crippen LogP contribution in [-0.2, 0) is 0 Å². The average molecular weight is 247 g/mol. The van der Waals surface area contributed by atoms with E-state index < -0.39 is 0 Å². The highest BCUT2D eigenvalue weighted by Crippen LogP contribution is 2.19. The molecule has 0 aliphatic carbocycles. The second-order valence-electron chi connectivity index (χ2n) is 5.15. The Morgan fingerprint density at radius 3 is 2.67 bits per heavy atom. The number of benzene rings is 1. The number of hydrogen-bond donors (Lipinski definition) is 2. The summed E-state index contributed by atoms with van der Waals surface area (Å²) in [6, 6.07) is 7.96. The number of amides is 2. The van der Waals surface area contributed by atoms with Gasteiger partial charge in [0.1, 0.15) is 0 Å². The van der Waals surface area contributed by atoms with Gasteiger partial charge in [0.15, 0.2) is 0 Å². The molecule has 18 heavy (non-hydrogen) atoms. The van der Waals surface area contributed by atoms with Crippen molar-refractivity contribution in [3.63, 3.8) is 0 Å². The number of likely N-dealkylation sites (tertiary alicyclic amines) is 1. The van der Waals surface area contributed by atoms with Gasteiger partial charge >= 0.3 is 6.03 Å². The first-order chi connectivity index (χ1) is 8.56. The van der Waals surface area contributed by atoms with Gasteiger partial charge in [-0.25, -0.2) is 4.79 Å². The van der Waals surface area contributed by atoms with Crippen LogP contribution >= 0.6 is 0 Å². The number of aryl methyl sites for hydroxylation is 1. The molecule has 4 heteroatoms. The summed E-state index contributed by atoms with van der Waals surface area (Å²) in [4.78, 5) is 13.9. The van der Waals surface area contributed by atoms with Gasteiger partial charge < -0.3 is 16.0 Å². The Morgan fingerprint density at radius 2 is 2.11 bits per heavy atom. The Morgan fingerprint density at radius 1 is 1.44 bits per heavy atom. The van der Waals surface area contributed by atoms with Crippen LogP contribution in [0.15, 0.2) is 24.3 Å². The predicted octanol–water partition coefficient (Wildman–Crippen LogP) is 2.20. The van der Waals surface area contributed by atoms with E-state index in [0.717, 1.165) is 25.2 Å². The van der Waals surface area contributed by atoms with Gasteiger partial charge in [-0.05, 0) is 38.3 Å². The first-order valence-corrected chi connectivity index (χ1v) is 6.44. The van der Waals surface area contributed by atoms with E-state index in [9.17, 15) is 4.79 Å². The Hall–Kier alpha value is -1.55. The number of nitrogens with one attached hydrogen (secondary N) is 1. The third-order valence-corrected chi connectivity index (χ3v) is 3.56. The molecule has 2 atom stereocenters. The van der Waals surface area contributed by atoms with Crippen molar-refractivity contribution < 1.29 is 4.79 Å². The minimum Gasteiger partial charge on any atom is -0.328 e. The zero-order valence-electron chi connectivity index (χ0n) is 11.0. The van der Waals surface area contributed by atoms with Gasteiger partial charge in [-0.3, -0.25) is 0 Å². The summed E-state index contributed by atoms with van der Waals surface area (Å²) in [6.07, 6.45) is 0.999. The number of rotatable bonds is 2. The smallest absolute Gasteiger partial charge is 0.321 e. The fourth-order valence-electron chi connectivity index (χ4n) is 2.24. The monoisotopic (exact) mass is 247 g/mol. The second-order valence-corrected chi connectivity index (χ2v) is 5.15. The molecule has 1 aromatic rings. The molecule has 4 nitrogen and oxygen atoms in total. The normalized spacial score (nSPS) is 20.8. The van der Waals surface area contributed by atoms with Crippen LogP contribution in [0.3, 0.4) is 0 Å². The van der Waals surface area contributed by atoms with Crippen LogP contribution in [0.4, 0.5) is 10.5 Å². The summed E-state index contributed by atoms with van der Waals surface area (Å²) in [6.45, 7) is 5.59. The maximum Gasteiger partial charge on any atom is 0.321 e. The fraction of sp³-hybridized carbons (Fsp3) is 0.500. The van der Waals surface area contributed by atoms with Gasteiger partial charge in [0.25, 0.3) is 0 Å². The molecule has 1 aliphatic rings. The van der Waals surface area contributed by atoms with Crippen molar-refractivity contribution in [3.8, 4) is 0 Å². The van der Waals surface area contributed by atoms with Gasteiger partial charge in [0, 0.05) is 24.8 Å². The largest absolute Gasteiger partial charge is 0.328 e. The molecular formula is C14H21N3O. The Kier molecular flexibility index (Phi) is 3.87. The lowest BCUT2D eigenvalue weighted by atomic mass is 10.0. The highest BCUT2D eigenvalue weighted by Gasteiger charge is 2.28. The number of carbonyl (C=O) groups excluding carboxylic acids is 1. The number of anilines is 1. The molecule has 1 saturated heterocycles. The molecule has 1 heterocycles. The molecule has 2 unspecified atom stereocenters. The van der Waals surface area contributed by atoms with Crippen LogP contribution in [0.5, 0.6) is 0 Å². The van der Waals surface area contributed by atoms with Crippen molar-refractivity contribution in [2.45, 2.75) is 26.3 Å². The van der Waals surface area contributed by atoms with E-state index in [1.54, 1.807) is 0 Å². The van der Waals surface area contributed by atoms with Gasteiger partial charge in [-0.15, -0.1) is 0 Å². The topological polar surface area (TPSA) is 58.4 Å². The summed E-state index contributed by atoms with van der Waals surface area (Å²) < 4.78 is 0. The number of urea groups is 1. The molecule has 0 bridgehead atoms. The Labute approximate surface area is 108 Å². The SMILES string of the molecule is Cc1ccc(NC(=O)N2CCC(C(C)N)C2)cc1. The molecule has 1 aromatic carbocycles. The third kappa shape index (κ3) is 3.01. The van der Waals surface area contributed by atoms with E-state index >= 15 is 0 Å². The minimum atomic E-state index is -0.0259. The Bertz CT molecular complexity index is 414. The van der Waals surface area contributed by atoms with Crippen molar-refractivity contribution in [1.82, 2.24) is 4.90 Å². The van der Waals surface area contributed by atoms with Crippen LogP contribution in [-0.4, -0.2) is 30.1 Å². The summed E-state index contributed by atoms with van der Waals surface area (Å²) in [5, 5.41) is 2.92. The summed E-state index contributed by atoms with van der Waals surface area (Å²) >= 11 is 0. The van der Waals surface area contributed by atoms with Gasteiger partial charge in [0.05, 0.1) is 0 Å². The third-order valence-electron chi connectivity index (χ3n) is 3.56. The van der Waals surface area contributed by atoms with Crippen LogP contribution in [0.2, 0.25) is 0 Å². The molecular weight excluding hydrogens is 226 g/mol. The van der Waals surface area contributed by atoms with E-state index in [1.165, 1.54) is 5.56 Å². The van der Waals surface area contributed by atoms with Gasteiger partial charge in [0.2, 0.25) is 0 Å². The van der Waals surface area contributed by atoms with Crippen LogP contribution in [0.1, 0.15) is 18.9 Å². The van der Waals surface area contributed by atoms with Crippen LogP contribution in [0.25, 0.3) is 0 Å².